The summed E-state index contributed by atoms with van der Waals surface area (Å²) in [5, 5.41) is 108. The smallest absolute Gasteiger partial charge is 0.330 e. The quantitative estimate of drug-likeness (QED) is 0.0265. The van der Waals surface area contributed by atoms with Gasteiger partial charge < -0.3 is 95.0 Å². The second-order valence-electron chi connectivity index (χ2n) is 34.8. The number of carbonyl (C=O) groups is 4. The Morgan fingerprint density at radius 3 is 1.02 bits per heavy atom. The van der Waals surface area contributed by atoms with Crippen molar-refractivity contribution < 1.29 is 98.7 Å². The largest absolute Gasteiger partial charge is 0.479 e. The zero-order valence-electron chi connectivity index (χ0n) is 71.9. The third-order valence-electron chi connectivity index (χ3n) is 20.3. The first-order valence-electron chi connectivity index (χ1n) is 39.4. The van der Waals surface area contributed by atoms with Crippen molar-refractivity contribution in [3.8, 4) is 5.75 Å². The van der Waals surface area contributed by atoms with E-state index in [1.165, 1.54) is 39.4 Å². The number of aromatic nitrogens is 8. The molecule has 5 fully saturated rings. The molecule has 10 heterocycles. The van der Waals surface area contributed by atoms with Crippen molar-refractivity contribution in [2.24, 2.45) is 0 Å². The minimum absolute atomic E-state index is 0.0695. The lowest BCUT2D eigenvalue weighted by Gasteiger charge is -2.34. The Bertz CT molecular complexity index is 5050. The zero-order valence-corrected chi connectivity index (χ0v) is 76.3. The highest BCUT2D eigenvalue weighted by atomic mass is 31.2. The van der Waals surface area contributed by atoms with E-state index < -0.39 is 202 Å². The molecule has 686 valence electrons. The van der Waals surface area contributed by atoms with Gasteiger partial charge in [-0.2, -0.15) is 0 Å². The lowest BCUT2D eigenvalue weighted by Crippen LogP contribution is -2.47. The second kappa shape index (κ2) is 43.5. The number of amides is 2. The maximum atomic E-state index is 12.1. The van der Waals surface area contributed by atoms with Crippen molar-refractivity contribution in [3.63, 3.8) is 0 Å². The summed E-state index contributed by atoms with van der Waals surface area (Å²) in [6, 6.07) is 0. The lowest BCUT2D eigenvalue weighted by atomic mass is 10.1. The van der Waals surface area contributed by atoms with Gasteiger partial charge in [0.2, 0.25) is 11.7 Å². The molecule has 4 aromatic heterocycles. The van der Waals surface area contributed by atoms with Crippen molar-refractivity contribution in [1.82, 2.24) is 53.7 Å². The Labute approximate surface area is 706 Å². The van der Waals surface area contributed by atoms with E-state index in [2.05, 4.69) is 122 Å². The summed E-state index contributed by atoms with van der Waals surface area (Å²) in [6.45, 7) is 25.0. The number of nitrogens with zero attached hydrogens (tertiary/aromatic N) is 5. The van der Waals surface area contributed by atoms with Crippen LogP contribution < -0.4 is 60.4 Å². The number of rotatable bonds is 28. The monoisotopic (exact) mass is 1820 g/mol. The molecular weight excluding hydrogens is 1690 g/mol. The molecule has 10 rings (SSSR count). The van der Waals surface area contributed by atoms with E-state index in [9.17, 15) is 109 Å². The van der Waals surface area contributed by atoms with Crippen LogP contribution in [0, 0.1) is 0 Å². The van der Waals surface area contributed by atoms with Crippen molar-refractivity contribution in [2.75, 3.05) is 104 Å². The number of ketones is 2. The van der Waals surface area contributed by atoms with E-state index in [-0.39, 0.29) is 59.8 Å². The van der Waals surface area contributed by atoms with Crippen LogP contribution in [0.15, 0.2) is 87.3 Å². The second-order valence-corrected chi connectivity index (χ2v) is 56.4. The van der Waals surface area contributed by atoms with Gasteiger partial charge in [-0.3, -0.25) is 76.6 Å². The van der Waals surface area contributed by atoms with Crippen LogP contribution in [0.3, 0.4) is 0 Å². The summed E-state index contributed by atoms with van der Waals surface area (Å²) in [6.07, 6.45) is 14.2. The van der Waals surface area contributed by atoms with Crippen molar-refractivity contribution in [3.05, 3.63) is 149 Å². The summed E-state index contributed by atoms with van der Waals surface area (Å²) in [4.78, 5) is 150. The van der Waals surface area contributed by atoms with Gasteiger partial charge >= 0.3 is 22.8 Å². The molecular formula is C78H126N11O28P5. The molecule has 0 aliphatic carbocycles. The fourth-order valence-corrected chi connectivity index (χ4v) is 18.1. The predicted molar refractivity (Wildman–Crippen MR) is 477 cm³/mol. The van der Waals surface area contributed by atoms with Gasteiger partial charge in [0, 0.05) is 61.4 Å². The van der Waals surface area contributed by atoms with E-state index in [0.29, 0.717) is 55.5 Å². The first kappa shape index (κ1) is 104. The lowest BCUT2D eigenvalue weighted by molar-refractivity contribution is -0.120. The van der Waals surface area contributed by atoms with Crippen LogP contribution in [-0.2, 0) is 62.2 Å². The molecule has 6 aliphatic rings. The minimum Gasteiger partial charge on any atom is -0.479 e. The molecule has 2 amide bonds. The number of aryl methyl sites for hydroxylation is 1. The van der Waals surface area contributed by atoms with E-state index >= 15 is 0 Å². The average molecular weight is 1820 g/mol. The first-order chi connectivity index (χ1) is 56.2. The summed E-state index contributed by atoms with van der Waals surface area (Å²) in [5.41, 5.74) is -4.36. The molecule has 16 N–H and O–H groups in total. The van der Waals surface area contributed by atoms with Crippen molar-refractivity contribution in [1.29, 1.82) is 0 Å². The standard InChI is InChI=1S/C16H26N3O6P.C16H25N2O7P.C16H25N2O6P.C15H25N2O5P.C15H25N2O4P/c1-9(20)17-7-10-8-19(16(24)18-14(10)23)15-13(22)12(21)11(25-15)5-6-26(2,3)4;1-9(19)8-24-11-7-18(16(23)17-14(11)22)15-13(21)12(20)10(25-15)5-6-26(2,3)4;1-9(19)7-10-8-18(16(23)17-14(10)22)15-13(21)12(20)11(24-15)5-6-25(2,3)4;1-5-9-8-17(15(21)16-13(9)20)14-12(19)11(18)10(22-14)6-7-23(2,3)4;1-9-8-17(10(2)16-14(9)20)15-13(19)12(18)11(21-15)6-7-22(3,4)5/h8,11-13,15,21-22H,2,5-7H2,1,3-4H3,(H,17,20)(H,18,23,24);7,10,12-13,15,20-21H,2,5-6,8H2,1,3-4H3,(H,17,22,23);8,11-13,15,20-21H,2,5-7H2,1,3-4H3,(H,17,22,23);8,10-12,14,18-19H,2,5-7H2,1,3-4H3,(H,16,20,21);8,11-13,15,18-19H,2-3,6-7H2,1,4-5H3,(H,16,20)/t11-,12-,13-,15-;10-,12-,13-,15-;11-,12-,13-,15-;10-,11-,12-,14-;11-,12-,13-,15-/m11111/s1. The highest BCUT2D eigenvalue weighted by molar-refractivity contribution is 7.73. The Balaban J connectivity index is 0.000000236. The fraction of sp³-hybridized carbons (Fsp3) is 0.628. The number of hydrogen-bond acceptors (Lipinski definition) is 29. The van der Waals surface area contributed by atoms with E-state index in [1.807, 2.05) is 13.3 Å². The summed E-state index contributed by atoms with van der Waals surface area (Å²) < 4.78 is 37.9. The Morgan fingerprint density at radius 1 is 0.426 bits per heavy atom. The van der Waals surface area contributed by atoms with Crippen LogP contribution in [0.1, 0.15) is 108 Å². The average Bonchev–Trinajstić information content (AvgIpc) is 1.64. The van der Waals surface area contributed by atoms with Crippen LogP contribution in [0.5, 0.6) is 5.75 Å². The van der Waals surface area contributed by atoms with Crippen molar-refractivity contribution >= 4 is 89.3 Å². The van der Waals surface area contributed by atoms with Gasteiger partial charge in [0.05, 0.1) is 42.3 Å². The number of hydrogen-bond donors (Lipinski definition) is 16. The molecule has 5 saturated heterocycles. The van der Waals surface area contributed by atoms with Crippen LogP contribution in [0.25, 0.3) is 0 Å². The number of carbonyl (C=O) groups excluding carboxylic acids is 4. The summed E-state index contributed by atoms with van der Waals surface area (Å²) in [5.74, 6) is -1.00. The minimum atomic E-state index is -1.35. The van der Waals surface area contributed by atoms with Gasteiger partial charge in [0.25, 0.3) is 28.1 Å². The van der Waals surface area contributed by atoms with Crippen molar-refractivity contribution in [2.45, 2.75) is 209 Å². The Morgan fingerprint density at radius 2 is 0.713 bits per heavy atom. The number of H-pyrrole nitrogens is 4. The van der Waals surface area contributed by atoms with Gasteiger partial charge in [-0.1, -0.05) is 13.5 Å². The number of ether oxygens (including phenoxy) is 6. The third kappa shape index (κ3) is 29.5. The molecule has 4 aromatic rings. The van der Waals surface area contributed by atoms with Gasteiger partial charge in [-0.15, -0.1) is 65.9 Å². The van der Waals surface area contributed by atoms with E-state index in [0.717, 1.165) is 55.3 Å². The molecule has 39 nitrogen and oxygen atoms in total. The van der Waals surface area contributed by atoms with Crippen LogP contribution in [-0.4, -0.2) is 351 Å². The summed E-state index contributed by atoms with van der Waals surface area (Å²) in [7, 11) is 0. The normalized spacial score (nSPS) is 27.8. The summed E-state index contributed by atoms with van der Waals surface area (Å²) >= 11 is 0. The van der Waals surface area contributed by atoms with Gasteiger partial charge in [0.1, 0.15) is 79.3 Å². The topological polar surface area (TPSA) is 573 Å². The molecule has 0 saturated carbocycles. The maximum absolute atomic E-state index is 12.1. The molecule has 0 bridgehead atoms. The number of aromatic amines is 4. The number of aliphatic hydroxyl groups is 10. The zero-order chi connectivity index (χ0) is 92.2. The Hall–Kier alpha value is -7.02. The van der Waals surface area contributed by atoms with Gasteiger partial charge in [-0.05, 0) is 157 Å². The fourth-order valence-electron chi connectivity index (χ4n) is 13.3. The van der Waals surface area contributed by atoms with Crippen LogP contribution in [0.4, 0.5) is 0 Å². The van der Waals surface area contributed by atoms with E-state index in [4.69, 9.17) is 28.4 Å². The van der Waals surface area contributed by atoms with Crippen LogP contribution >= 0.6 is 34.4 Å². The third-order valence-corrected chi connectivity index (χ3v) is 27.6. The highest BCUT2D eigenvalue weighted by Crippen LogP contribution is 2.44. The van der Waals surface area contributed by atoms with Crippen LogP contribution in [0.2, 0.25) is 0 Å². The number of nitrogens with one attached hydrogen (secondary N) is 6. The first-order valence-corrected chi connectivity index (χ1v) is 54.7. The Kier molecular flexibility index (Phi) is 37.0. The maximum Gasteiger partial charge on any atom is 0.330 e. The molecule has 0 spiro atoms. The molecule has 122 heavy (non-hydrogen) atoms. The predicted octanol–water partition coefficient (Wildman–Crippen LogP) is -2.34. The SMILES string of the molecule is C=C1NC(=O)C(C)=CN1[C@@H]1O[C@H](CCP(=C)(C)C)[C@@H](O)[C@H]1O.C=P(C)(C)CC[C@H]1O[C@@H](n2cc(CC(C)=O)c(=O)[nH]c2=O)[C@H](O)[C@@H]1O.C=P(C)(C)CC[C@H]1O[C@@H](n2cc(CC)c(=O)[nH]c2=O)[C@H](O)[C@@H]1O.C=P(C)(C)CC[C@H]1O[C@@H](n2cc(CNC(C)=O)c(=O)[nH]c2=O)[C@H](O)[C@@H]1O.C=P(C)(C)CC[C@H]1O[C@@H](n2cc(OCC(C)=O)c(=O)[nH]c2=O)[C@H](O)[C@@H]1O. The highest BCUT2D eigenvalue weighted by Gasteiger charge is 2.50. The van der Waals surface area contributed by atoms with Gasteiger partial charge in [-0.25, -0.2) is 19.2 Å². The molecule has 6 aliphatic heterocycles. The molecule has 20 atom stereocenters. The molecule has 0 radical (unpaired) electrons. The molecule has 0 aromatic carbocycles. The molecule has 44 heteroatoms. The molecule has 0 unspecified atom stereocenters. The van der Waals surface area contributed by atoms with Gasteiger partial charge in [0.15, 0.2) is 36.9 Å². The number of aliphatic hydroxyl groups excluding tert-OH is 10. The van der Waals surface area contributed by atoms with E-state index in [1.54, 1.807) is 24.9 Å². The number of Topliss-reactive ketones (excluding diaryl/α,β-unsaturated/α-hetero) is 2.